The molecule has 0 bridgehead atoms. The minimum absolute atomic E-state index is 0.0772. The topological polar surface area (TPSA) is 66.8 Å². The van der Waals surface area contributed by atoms with Gasteiger partial charge < -0.3 is 4.90 Å². The smallest absolute Gasteiger partial charge is 0.252 e. The lowest BCUT2D eigenvalue weighted by molar-refractivity contribution is -0.117. The average molecular weight is 547 g/mol. The van der Waals surface area contributed by atoms with Gasteiger partial charge in [-0.15, -0.1) is 0 Å². The van der Waals surface area contributed by atoms with E-state index in [9.17, 15) is 13.2 Å². The van der Waals surface area contributed by atoms with Crippen LogP contribution >= 0.6 is 46.0 Å². The molecule has 0 unspecified atom stereocenters. The molecule has 2 heterocycles. The van der Waals surface area contributed by atoms with Crippen LogP contribution in [0, 0.1) is 3.57 Å². The van der Waals surface area contributed by atoms with E-state index in [0.29, 0.717) is 10.2 Å². The lowest BCUT2D eigenvalue weighted by atomic mass is 10.1. The van der Waals surface area contributed by atoms with Crippen molar-refractivity contribution >= 4 is 72.6 Å². The minimum atomic E-state index is -3.08. The predicted octanol–water partition coefficient (Wildman–Crippen LogP) is 3.79. The van der Waals surface area contributed by atoms with E-state index < -0.39 is 9.84 Å². The normalized spacial score (nSPS) is 24.5. The molecule has 9 heteroatoms. The fraction of sp³-hybridized carbons (Fsp3) is 0.263. The van der Waals surface area contributed by atoms with Crippen LogP contribution in [0.2, 0.25) is 5.02 Å². The molecule has 2 aliphatic rings. The van der Waals surface area contributed by atoms with Crippen molar-refractivity contribution in [1.82, 2.24) is 0 Å². The number of thioether (sulfide) groups is 1. The van der Waals surface area contributed by atoms with Gasteiger partial charge in [-0.25, -0.2) is 8.42 Å². The third kappa shape index (κ3) is 4.24. The van der Waals surface area contributed by atoms with Crippen LogP contribution in [0.5, 0.6) is 0 Å². The zero-order valence-corrected chi connectivity index (χ0v) is 19.1. The van der Waals surface area contributed by atoms with Gasteiger partial charge in [0.05, 0.1) is 24.0 Å². The molecule has 0 aliphatic carbocycles. The van der Waals surface area contributed by atoms with E-state index in [1.165, 1.54) is 11.8 Å². The van der Waals surface area contributed by atoms with Gasteiger partial charge in [0, 0.05) is 19.5 Å². The van der Waals surface area contributed by atoms with Crippen molar-refractivity contribution in [3.05, 3.63) is 62.7 Å². The summed E-state index contributed by atoms with van der Waals surface area (Å²) in [7, 11) is -3.08. The maximum absolute atomic E-state index is 12.6. The van der Waals surface area contributed by atoms with Crippen molar-refractivity contribution in [3.8, 4) is 0 Å². The van der Waals surface area contributed by atoms with Crippen LogP contribution < -0.4 is 4.90 Å². The zero-order chi connectivity index (χ0) is 19.9. The van der Waals surface area contributed by atoms with Gasteiger partial charge >= 0.3 is 0 Å². The quantitative estimate of drug-likeness (QED) is 0.548. The monoisotopic (exact) mass is 546 g/mol. The number of benzene rings is 2. The summed E-state index contributed by atoms with van der Waals surface area (Å²) in [6.45, 7) is 0. The minimum Gasteiger partial charge on any atom is -0.316 e. The molecule has 2 aromatic rings. The molecule has 2 atom stereocenters. The Labute approximate surface area is 186 Å². The Hall–Kier alpha value is -1.10. The first kappa shape index (κ1) is 20.2. The number of hydrogen-bond acceptors (Lipinski definition) is 4. The van der Waals surface area contributed by atoms with Crippen molar-refractivity contribution in [2.24, 2.45) is 4.99 Å². The number of amides is 1. The second-order valence-electron chi connectivity index (χ2n) is 6.71. The number of carbonyl (C=O) groups is 1. The first-order chi connectivity index (χ1) is 13.3. The number of carbonyl (C=O) groups excluding carboxylic acids is 1. The molecule has 0 radical (unpaired) electrons. The van der Waals surface area contributed by atoms with E-state index in [0.717, 1.165) is 14.8 Å². The summed E-state index contributed by atoms with van der Waals surface area (Å²) in [6.07, 6.45) is 0.109. The van der Waals surface area contributed by atoms with Gasteiger partial charge in [0.15, 0.2) is 15.0 Å². The summed E-state index contributed by atoms with van der Waals surface area (Å²) in [6, 6.07) is 14.8. The third-order valence-corrected chi connectivity index (χ3v) is 8.92. The molecule has 4 rings (SSSR count). The van der Waals surface area contributed by atoms with E-state index in [4.69, 9.17) is 11.6 Å². The van der Waals surface area contributed by atoms with Crippen LogP contribution in [0.1, 0.15) is 5.56 Å². The maximum atomic E-state index is 12.6. The first-order valence-electron chi connectivity index (χ1n) is 8.59. The number of aliphatic imine (C=N–C) groups is 1. The van der Waals surface area contributed by atoms with Crippen molar-refractivity contribution in [3.63, 3.8) is 0 Å². The number of amidine groups is 1. The van der Waals surface area contributed by atoms with Crippen LogP contribution in [-0.2, 0) is 21.1 Å². The van der Waals surface area contributed by atoms with Gasteiger partial charge in [-0.2, -0.15) is 4.99 Å². The predicted molar refractivity (Wildman–Crippen MR) is 123 cm³/mol. The summed E-state index contributed by atoms with van der Waals surface area (Å²) in [4.78, 5) is 18.9. The molecule has 0 spiro atoms. The van der Waals surface area contributed by atoms with Gasteiger partial charge in [0.25, 0.3) is 5.91 Å². The summed E-state index contributed by atoms with van der Waals surface area (Å²) in [5.41, 5.74) is 1.58. The van der Waals surface area contributed by atoms with Crippen LogP contribution in [0.4, 0.5) is 5.69 Å². The van der Waals surface area contributed by atoms with E-state index >= 15 is 0 Å². The van der Waals surface area contributed by atoms with Crippen LogP contribution in [-0.4, -0.2) is 42.3 Å². The molecule has 0 saturated carbocycles. The fourth-order valence-corrected chi connectivity index (χ4v) is 8.10. The molecule has 28 heavy (non-hydrogen) atoms. The molecular formula is C19H16ClIN2O3S2. The summed E-state index contributed by atoms with van der Waals surface area (Å²) in [5, 5.41) is 0.978. The van der Waals surface area contributed by atoms with E-state index in [-0.39, 0.29) is 35.1 Å². The Morgan fingerprint density at radius 3 is 2.75 bits per heavy atom. The largest absolute Gasteiger partial charge is 0.316 e. The van der Waals surface area contributed by atoms with Crippen molar-refractivity contribution in [2.45, 2.75) is 17.7 Å². The van der Waals surface area contributed by atoms with Crippen molar-refractivity contribution in [1.29, 1.82) is 0 Å². The second kappa shape index (κ2) is 7.97. The van der Waals surface area contributed by atoms with Gasteiger partial charge in [0.1, 0.15) is 0 Å². The summed E-state index contributed by atoms with van der Waals surface area (Å²) >= 11 is 9.75. The van der Waals surface area contributed by atoms with Gasteiger partial charge in [-0.1, -0.05) is 47.6 Å². The highest BCUT2D eigenvalue weighted by Gasteiger charge is 2.49. The number of anilines is 1. The molecule has 0 aromatic heterocycles. The number of sulfone groups is 1. The number of rotatable bonds is 3. The number of halogens is 2. The Morgan fingerprint density at radius 2 is 2.00 bits per heavy atom. The Morgan fingerprint density at radius 1 is 1.21 bits per heavy atom. The van der Waals surface area contributed by atoms with Crippen LogP contribution in [0.25, 0.3) is 0 Å². The first-order valence-corrected chi connectivity index (χ1v) is 12.7. The van der Waals surface area contributed by atoms with E-state index in [1.807, 2.05) is 41.3 Å². The average Bonchev–Trinajstić information content (AvgIpc) is 3.07. The highest BCUT2D eigenvalue weighted by molar-refractivity contribution is 14.1. The fourth-order valence-electron chi connectivity index (χ4n) is 3.44. The molecule has 2 saturated heterocycles. The molecule has 146 valence electrons. The highest BCUT2D eigenvalue weighted by Crippen LogP contribution is 2.41. The maximum Gasteiger partial charge on any atom is 0.252 e. The number of hydrogen-bond donors (Lipinski definition) is 0. The molecule has 5 nitrogen and oxygen atoms in total. The second-order valence-corrected chi connectivity index (χ2v) is 11.7. The van der Waals surface area contributed by atoms with E-state index in [2.05, 4.69) is 27.6 Å². The van der Waals surface area contributed by atoms with Gasteiger partial charge in [0.2, 0.25) is 0 Å². The summed E-state index contributed by atoms with van der Waals surface area (Å²) < 4.78 is 25.3. The van der Waals surface area contributed by atoms with Crippen molar-refractivity contribution < 1.29 is 13.2 Å². The standard InChI is InChI=1S/C19H16ClIN2O3S2/c20-15-7-2-1-4-12(15)8-18(24)22-19-23(14-6-3-5-13(21)9-14)16-10-28(25,26)11-17(16)27-19/h1-7,9,16-17H,8,10-11H2/t16-,17+/m1/s1. The zero-order valence-electron chi connectivity index (χ0n) is 14.6. The molecule has 2 fully saturated rings. The molecule has 1 amide bonds. The SMILES string of the molecule is O=C(Cc1ccccc1Cl)N=C1S[C@H]2CS(=O)(=O)C[C@H]2N1c1cccc(I)c1. The lowest BCUT2D eigenvalue weighted by Gasteiger charge is -2.24. The van der Waals surface area contributed by atoms with Crippen molar-refractivity contribution in [2.75, 3.05) is 16.4 Å². The molecule has 2 aliphatic heterocycles. The van der Waals surface area contributed by atoms with E-state index in [1.54, 1.807) is 12.1 Å². The number of fused-ring (bicyclic) bond motifs is 1. The van der Waals surface area contributed by atoms with Crippen LogP contribution in [0.15, 0.2) is 53.5 Å². The molecular weight excluding hydrogens is 531 g/mol. The van der Waals surface area contributed by atoms with Gasteiger partial charge in [-0.05, 0) is 52.4 Å². The molecule has 0 N–H and O–H groups in total. The third-order valence-electron chi connectivity index (χ3n) is 4.67. The number of nitrogens with zero attached hydrogens (tertiary/aromatic N) is 2. The van der Waals surface area contributed by atoms with Gasteiger partial charge in [-0.3, -0.25) is 4.79 Å². The lowest BCUT2D eigenvalue weighted by Crippen LogP contribution is -2.37. The Bertz CT molecular complexity index is 1070. The van der Waals surface area contributed by atoms with Crippen LogP contribution in [0.3, 0.4) is 0 Å². The Balaban J connectivity index is 1.66. The Kier molecular flexibility index (Phi) is 5.74. The molecule has 2 aromatic carbocycles. The highest BCUT2D eigenvalue weighted by atomic mass is 127. The summed E-state index contributed by atoms with van der Waals surface area (Å²) in [5.74, 6) is -0.108.